The fraction of sp³-hybridized carbons (Fsp3) is 0.360. The van der Waals surface area contributed by atoms with Gasteiger partial charge < -0.3 is 20.1 Å². The summed E-state index contributed by atoms with van der Waals surface area (Å²) in [5, 5.41) is 8.69. The van der Waals surface area contributed by atoms with Crippen molar-refractivity contribution in [1.82, 2.24) is 9.78 Å². The van der Waals surface area contributed by atoms with E-state index in [9.17, 15) is 31.9 Å². The zero-order chi connectivity index (χ0) is 29.4. The van der Waals surface area contributed by atoms with Gasteiger partial charge in [0.05, 0.1) is 24.8 Å². The number of hydrogen-bond acceptors (Lipinski definition) is 8. The topological polar surface area (TPSA) is 112 Å². The molecule has 214 valence electrons. The van der Waals surface area contributed by atoms with Gasteiger partial charge in [0.1, 0.15) is 26.5 Å². The third-order valence-electron chi connectivity index (χ3n) is 6.10. The number of carbonyl (C=O) groups excluding carboxylic acids is 3. The lowest BCUT2D eigenvalue weighted by Gasteiger charge is -2.33. The Morgan fingerprint density at radius 2 is 1.77 bits per heavy atom. The second-order valence-corrected chi connectivity index (χ2v) is 10.1. The molecule has 0 unspecified atom stereocenters. The van der Waals surface area contributed by atoms with Gasteiger partial charge in [-0.15, -0.1) is 11.3 Å². The van der Waals surface area contributed by atoms with E-state index >= 15 is 0 Å². The van der Waals surface area contributed by atoms with Gasteiger partial charge in [0.15, 0.2) is 11.7 Å². The van der Waals surface area contributed by atoms with E-state index in [-0.39, 0.29) is 40.0 Å². The molecular weight excluding hydrogens is 580 g/mol. The van der Waals surface area contributed by atoms with Crippen LogP contribution in [0.3, 0.4) is 0 Å². The summed E-state index contributed by atoms with van der Waals surface area (Å²) < 4.78 is 66.3. The predicted molar refractivity (Wildman–Crippen MR) is 139 cm³/mol. The monoisotopic (exact) mass is 602 g/mol. The van der Waals surface area contributed by atoms with Crippen LogP contribution >= 0.6 is 22.9 Å². The van der Waals surface area contributed by atoms with Crippen LogP contribution in [0.2, 0.25) is 5.02 Å². The van der Waals surface area contributed by atoms with Crippen LogP contribution in [-0.2, 0) is 9.47 Å². The Hall–Kier alpha value is -3.65. The zero-order valence-corrected chi connectivity index (χ0v) is 22.9. The van der Waals surface area contributed by atoms with E-state index in [0.29, 0.717) is 10.2 Å². The van der Waals surface area contributed by atoms with E-state index < -0.39 is 59.1 Å². The van der Waals surface area contributed by atoms with Crippen molar-refractivity contribution in [2.45, 2.75) is 45.5 Å². The fourth-order valence-corrected chi connectivity index (χ4v) is 5.60. The molecule has 1 aromatic carbocycles. The lowest BCUT2D eigenvalue weighted by molar-refractivity contribution is -0.173. The van der Waals surface area contributed by atoms with Gasteiger partial charge in [0, 0.05) is 6.42 Å². The maximum atomic E-state index is 14.1. The van der Waals surface area contributed by atoms with Crippen LogP contribution in [-0.4, -0.2) is 47.0 Å². The first kappa shape index (κ1) is 29.3. The molecule has 3 aromatic rings. The van der Waals surface area contributed by atoms with Crippen molar-refractivity contribution in [3.63, 3.8) is 0 Å². The van der Waals surface area contributed by atoms with Gasteiger partial charge in [-0.3, -0.25) is 4.79 Å². The molecule has 1 aliphatic rings. The minimum Gasteiger partial charge on any atom is -0.462 e. The predicted octanol–water partition coefficient (Wildman–Crippen LogP) is 6.31. The van der Waals surface area contributed by atoms with E-state index in [1.807, 2.05) is 0 Å². The molecule has 15 heteroatoms. The SMILES string of the molecule is CCOC(=O)c1sc(NC(=O)c2nn3c(c2Cl)N[C@@H](c2ccc(F)cc2)C[C@H]3C(F)(F)F)c(C(=O)OCC)c1C. The molecule has 0 radical (unpaired) electrons. The number of fused-ring (bicyclic) bond motifs is 1. The van der Waals surface area contributed by atoms with Gasteiger partial charge in [-0.2, -0.15) is 18.3 Å². The molecule has 2 N–H and O–H groups in total. The van der Waals surface area contributed by atoms with Crippen LogP contribution in [0.1, 0.15) is 74.0 Å². The highest BCUT2D eigenvalue weighted by Gasteiger charge is 2.48. The number of esters is 2. The molecule has 0 saturated heterocycles. The Kier molecular flexibility index (Phi) is 8.40. The van der Waals surface area contributed by atoms with E-state index in [2.05, 4.69) is 15.7 Å². The maximum absolute atomic E-state index is 14.1. The number of anilines is 2. The summed E-state index contributed by atoms with van der Waals surface area (Å²) in [5.74, 6) is -3.37. The number of thiophene rings is 1. The van der Waals surface area contributed by atoms with Crippen molar-refractivity contribution in [1.29, 1.82) is 0 Å². The minimum absolute atomic E-state index is 0.00949. The van der Waals surface area contributed by atoms with Gasteiger partial charge in [-0.05, 0) is 44.0 Å². The van der Waals surface area contributed by atoms with Crippen molar-refractivity contribution >= 4 is 51.6 Å². The van der Waals surface area contributed by atoms with Gasteiger partial charge >= 0.3 is 18.1 Å². The molecule has 0 fully saturated rings. The number of rotatable bonds is 7. The Morgan fingerprint density at radius 3 is 2.38 bits per heavy atom. The Labute approximate surface area is 234 Å². The number of halogens is 5. The van der Waals surface area contributed by atoms with Crippen molar-refractivity contribution in [3.8, 4) is 0 Å². The Balaban J connectivity index is 1.72. The molecule has 1 amide bonds. The summed E-state index contributed by atoms with van der Waals surface area (Å²) in [6.07, 6.45) is -5.25. The van der Waals surface area contributed by atoms with Crippen LogP contribution in [0.15, 0.2) is 24.3 Å². The number of amides is 1. The van der Waals surface area contributed by atoms with Crippen LogP contribution in [0.4, 0.5) is 28.4 Å². The highest BCUT2D eigenvalue weighted by Crippen LogP contribution is 2.46. The summed E-state index contributed by atoms with van der Waals surface area (Å²) in [6, 6.07) is 1.90. The van der Waals surface area contributed by atoms with Gasteiger partial charge in [-0.25, -0.2) is 18.7 Å². The molecule has 0 aliphatic carbocycles. The van der Waals surface area contributed by atoms with E-state index in [1.54, 1.807) is 13.8 Å². The first-order chi connectivity index (χ1) is 18.9. The molecule has 3 heterocycles. The Morgan fingerprint density at radius 1 is 1.15 bits per heavy atom. The number of benzene rings is 1. The number of hydrogen-bond donors (Lipinski definition) is 2. The van der Waals surface area contributed by atoms with Crippen LogP contribution in [0.25, 0.3) is 0 Å². The molecule has 2 atom stereocenters. The van der Waals surface area contributed by atoms with Gasteiger partial charge in [-0.1, -0.05) is 23.7 Å². The number of aromatic nitrogens is 2. The summed E-state index contributed by atoms with van der Waals surface area (Å²) in [6.45, 7) is 4.72. The number of carbonyl (C=O) groups is 3. The van der Waals surface area contributed by atoms with Crippen LogP contribution in [0.5, 0.6) is 0 Å². The first-order valence-electron chi connectivity index (χ1n) is 12.0. The van der Waals surface area contributed by atoms with Crippen molar-refractivity contribution in [2.75, 3.05) is 23.8 Å². The molecule has 0 spiro atoms. The molecule has 0 saturated carbocycles. The minimum atomic E-state index is -4.76. The molecule has 1 aliphatic heterocycles. The average Bonchev–Trinajstić information content (AvgIpc) is 3.40. The van der Waals surface area contributed by atoms with Crippen molar-refractivity contribution in [3.05, 3.63) is 62.4 Å². The van der Waals surface area contributed by atoms with E-state index in [1.165, 1.54) is 19.1 Å². The average molecular weight is 603 g/mol. The van der Waals surface area contributed by atoms with Gasteiger partial charge in [0.25, 0.3) is 5.91 Å². The molecule has 4 rings (SSSR count). The van der Waals surface area contributed by atoms with Crippen LogP contribution in [0, 0.1) is 12.7 Å². The second-order valence-electron chi connectivity index (χ2n) is 8.65. The normalized spacial score (nSPS) is 16.6. The first-order valence-corrected chi connectivity index (χ1v) is 13.2. The molecule has 0 bridgehead atoms. The number of nitrogens with zero attached hydrogens (tertiary/aromatic N) is 2. The summed E-state index contributed by atoms with van der Waals surface area (Å²) in [4.78, 5) is 38.3. The maximum Gasteiger partial charge on any atom is 0.410 e. The Bertz CT molecular complexity index is 1450. The number of ether oxygens (including phenoxy) is 2. The molecule has 2 aromatic heterocycles. The van der Waals surface area contributed by atoms with Crippen molar-refractivity contribution in [2.24, 2.45) is 0 Å². The largest absolute Gasteiger partial charge is 0.462 e. The zero-order valence-electron chi connectivity index (χ0n) is 21.3. The van der Waals surface area contributed by atoms with Crippen molar-refractivity contribution < 1.29 is 41.4 Å². The van der Waals surface area contributed by atoms with E-state index in [0.717, 1.165) is 23.5 Å². The third-order valence-corrected chi connectivity index (χ3v) is 7.64. The summed E-state index contributed by atoms with van der Waals surface area (Å²) in [5.41, 5.74) is -0.0686. The highest BCUT2D eigenvalue weighted by atomic mass is 35.5. The number of alkyl halides is 3. The summed E-state index contributed by atoms with van der Waals surface area (Å²) >= 11 is 7.13. The highest BCUT2D eigenvalue weighted by molar-refractivity contribution is 7.18. The lowest BCUT2D eigenvalue weighted by atomic mass is 9.97. The number of nitrogens with one attached hydrogen (secondary N) is 2. The standard InChI is InChI=1S/C25H23ClF4N4O5S/c1-4-38-23(36)16-11(3)19(24(37)39-5-2)40-22(16)32-21(35)18-17(26)20-31-14(12-6-8-13(27)9-7-12)10-15(25(28,29)30)34(20)33-18/h6-9,14-15,31H,4-5,10H2,1-3H3,(H,32,35)/t14-,15+/m1/s1. The molecule has 40 heavy (non-hydrogen) atoms. The molecular formula is C25H23ClF4N4O5S. The molecule has 9 nitrogen and oxygen atoms in total. The van der Waals surface area contributed by atoms with Gasteiger partial charge in [0.2, 0.25) is 0 Å². The smallest absolute Gasteiger partial charge is 0.410 e. The lowest BCUT2D eigenvalue weighted by Crippen LogP contribution is -2.35. The van der Waals surface area contributed by atoms with Crippen LogP contribution < -0.4 is 10.6 Å². The van der Waals surface area contributed by atoms with E-state index in [4.69, 9.17) is 21.1 Å². The summed E-state index contributed by atoms with van der Waals surface area (Å²) in [7, 11) is 0. The quantitative estimate of drug-likeness (QED) is 0.241. The second kappa shape index (κ2) is 11.5. The third kappa shape index (κ3) is 5.63. The fourth-order valence-electron chi connectivity index (χ4n) is 4.25.